The van der Waals surface area contributed by atoms with E-state index in [2.05, 4.69) is 70.2 Å². The van der Waals surface area contributed by atoms with Crippen LogP contribution in [0.2, 0.25) is 0 Å². The van der Waals surface area contributed by atoms with Crippen LogP contribution in [0.3, 0.4) is 0 Å². The van der Waals surface area contributed by atoms with Gasteiger partial charge in [-0.05, 0) is 36.1 Å². The summed E-state index contributed by atoms with van der Waals surface area (Å²) >= 11 is 0. The van der Waals surface area contributed by atoms with Crippen molar-refractivity contribution in [2.45, 2.75) is 12.8 Å². The molecule has 0 aliphatic heterocycles. The van der Waals surface area contributed by atoms with E-state index in [0.29, 0.717) is 5.95 Å². The van der Waals surface area contributed by atoms with Crippen LogP contribution in [-0.4, -0.2) is 23.1 Å². The van der Waals surface area contributed by atoms with E-state index in [1.807, 2.05) is 30.3 Å². The zero-order valence-electron chi connectivity index (χ0n) is 16.2. The number of benzene rings is 3. The lowest BCUT2D eigenvalue weighted by Gasteiger charge is -2.12. The maximum absolute atomic E-state index is 4.73. The second-order valence-electron chi connectivity index (χ2n) is 6.74. The van der Waals surface area contributed by atoms with Crippen molar-refractivity contribution in [3.63, 3.8) is 0 Å². The molecule has 1 heterocycles. The van der Waals surface area contributed by atoms with E-state index < -0.39 is 0 Å². The van der Waals surface area contributed by atoms with Crippen molar-refractivity contribution in [3.8, 4) is 0 Å². The van der Waals surface area contributed by atoms with Crippen molar-refractivity contribution in [1.29, 1.82) is 0 Å². The fraction of sp³-hybridized carbons (Fsp3) is 0.167. The normalized spacial score (nSPS) is 10.3. The predicted molar refractivity (Wildman–Crippen MR) is 117 cm³/mol. The number of hydrogen-bond acceptors (Lipinski definition) is 4. The Morgan fingerprint density at radius 1 is 0.586 bits per heavy atom. The molecule has 0 atom stereocenters. The Balaban J connectivity index is 0.00000240. The predicted octanol–water partition coefficient (Wildman–Crippen LogP) is 1.94. The van der Waals surface area contributed by atoms with Gasteiger partial charge in [0.05, 0.1) is 5.52 Å². The lowest BCUT2D eigenvalue weighted by Crippen LogP contribution is -3.00. The SMILES string of the molecule is [Cl-].c1ccc(CCNc2nc(NCCc3ccccc3)c3ccccc3n2)cc1. The molecule has 0 bridgehead atoms. The minimum Gasteiger partial charge on any atom is -1.00 e. The van der Waals surface area contributed by atoms with E-state index in [9.17, 15) is 0 Å². The summed E-state index contributed by atoms with van der Waals surface area (Å²) in [6, 6.07) is 29.1. The second-order valence-corrected chi connectivity index (χ2v) is 6.74. The Morgan fingerprint density at radius 3 is 1.79 bits per heavy atom. The van der Waals surface area contributed by atoms with Crippen LogP contribution in [0.15, 0.2) is 84.9 Å². The topological polar surface area (TPSA) is 49.8 Å². The van der Waals surface area contributed by atoms with Crippen LogP contribution < -0.4 is 23.0 Å². The summed E-state index contributed by atoms with van der Waals surface area (Å²) in [6.45, 7) is 1.63. The monoisotopic (exact) mass is 403 g/mol. The van der Waals surface area contributed by atoms with Gasteiger partial charge in [0.15, 0.2) is 0 Å². The van der Waals surface area contributed by atoms with Crippen molar-refractivity contribution in [1.82, 2.24) is 9.97 Å². The summed E-state index contributed by atoms with van der Waals surface area (Å²) in [7, 11) is 0. The highest BCUT2D eigenvalue weighted by Gasteiger charge is 2.07. The first-order valence-electron chi connectivity index (χ1n) is 9.71. The van der Waals surface area contributed by atoms with Crippen molar-refractivity contribution in [3.05, 3.63) is 96.1 Å². The molecular formula is C24H24ClN4-. The minimum absolute atomic E-state index is 0. The molecule has 0 spiro atoms. The van der Waals surface area contributed by atoms with E-state index in [1.54, 1.807) is 0 Å². The molecule has 0 aliphatic rings. The van der Waals surface area contributed by atoms with Gasteiger partial charge in [0.2, 0.25) is 5.95 Å². The second kappa shape index (κ2) is 10.4. The molecule has 4 nitrogen and oxygen atoms in total. The molecule has 0 radical (unpaired) electrons. The Morgan fingerprint density at radius 2 is 1.14 bits per heavy atom. The van der Waals surface area contributed by atoms with Crippen LogP contribution in [0.25, 0.3) is 10.9 Å². The maximum atomic E-state index is 4.73. The molecule has 0 saturated carbocycles. The summed E-state index contributed by atoms with van der Waals surface area (Å²) in [4.78, 5) is 9.40. The van der Waals surface area contributed by atoms with Crippen LogP contribution >= 0.6 is 0 Å². The van der Waals surface area contributed by atoms with Crippen molar-refractivity contribution in [2.24, 2.45) is 0 Å². The van der Waals surface area contributed by atoms with E-state index in [4.69, 9.17) is 4.98 Å². The Hall–Kier alpha value is -3.11. The summed E-state index contributed by atoms with van der Waals surface area (Å²) in [5.41, 5.74) is 3.56. The zero-order valence-corrected chi connectivity index (χ0v) is 16.9. The van der Waals surface area contributed by atoms with Crippen LogP contribution in [-0.2, 0) is 12.8 Å². The molecule has 5 heteroatoms. The van der Waals surface area contributed by atoms with Crippen molar-refractivity contribution >= 4 is 22.7 Å². The molecule has 148 valence electrons. The van der Waals surface area contributed by atoms with Gasteiger partial charge in [0.25, 0.3) is 0 Å². The molecule has 29 heavy (non-hydrogen) atoms. The number of aromatic nitrogens is 2. The number of fused-ring (bicyclic) bond motifs is 1. The van der Waals surface area contributed by atoms with Crippen molar-refractivity contribution < 1.29 is 12.4 Å². The fourth-order valence-corrected chi connectivity index (χ4v) is 3.22. The third-order valence-corrected chi connectivity index (χ3v) is 4.69. The summed E-state index contributed by atoms with van der Waals surface area (Å²) in [5, 5.41) is 7.91. The first-order chi connectivity index (χ1) is 13.9. The number of nitrogens with zero attached hydrogens (tertiary/aromatic N) is 2. The number of anilines is 2. The van der Waals surface area contributed by atoms with Gasteiger partial charge in [-0.15, -0.1) is 0 Å². The molecule has 1 aromatic heterocycles. The molecule has 3 aromatic carbocycles. The molecule has 0 amide bonds. The van der Waals surface area contributed by atoms with Crippen molar-refractivity contribution in [2.75, 3.05) is 23.7 Å². The first-order valence-corrected chi connectivity index (χ1v) is 9.71. The number of hydrogen-bond donors (Lipinski definition) is 2. The third kappa shape index (κ3) is 5.69. The quantitative estimate of drug-likeness (QED) is 0.472. The Labute approximate surface area is 177 Å². The van der Waals surface area contributed by atoms with Gasteiger partial charge < -0.3 is 23.0 Å². The van der Waals surface area contributed by atoms with E-state index in [1.165, 1.54) is 11.1 Å². The molecule has 0 saturated heterocycles. The molecule has 2 N–H and O–H groups in total. The molecule has 0 unspecified atom stereocenters. The van der Waals surface area contributed by atoms with Gasteiger partial charge >= 0.3 is 0 Å². The van der Waals surface area contributed by atoms with Gasteiger partial charge in [-0.3, -0.25) is 0 Å². The standard InChI is InChI=1S/C24H24N4.ClH/c1-3-9-19(10-4-1)15-17-25-23-21-13-7-8-14-22(21)27-24(28-23)26-18-16-20-11-5-2-6-12-20;/h1-14H,15-18H2,(H2,25,26,27,28);1H/p-1. The smallest absolute Gasteiger partial charge is 0.225 e. The van der Waals surface area contributed by atoms with E-state index in [-0.39, 0.29) is 12.4 Å². The molecular weight excluding hydrogens is 380 g/mol. The van der Waals surface area contributed by atoms with Crippen LogP contribution in [0.4, 0.5) is 11.8 Å². The average Bonchev–Trinajstić information content (AvgIpc) is 2.75. The van der Waals surface area contributed by atoms with Gasteiger partial charge in [-0.2, -0.15) is 4.98 Å². The highest BCUT2D eigenvalue weighted by Crippen LogP contribution is 2.22. The number of para-hydroxylation sites is 1. The van der Waals surface area contributed by atoms with E-state index >= 15 is 0 Å². The fourth-order valence-electron chi connectivity index (χ4n) is 3.22. The summed E-state index contributed by atoms with van der Waals surface area (Å²) in [5.74, 6) is 1.54. The molecule has 4 aromatic rings. The van der Waals surface area contributed by atoms with Gasteiger partial charge in [0, 0.05) is 18.5 Å². The van der Waals surface area contributed by atoms with E-state index in [0.717, 1.165) is 42.7 Å². The average molecular weight is 404 g/mol. The minimum atomic E-state index is 0. The first kappa shape index (κ1) is 20.6. The highest BCUT2D eigenvalue weighted by atomic mass is 35.5. The lowest BCUT2D eigenvalue weighted by molar-refractivity contribution is -0.00000570. The Kier molecular flexibility index (Phi) is 7.42. The van der Waals surface area contributed by atoms with Gasteiger partial charge in [-0.25, -0.2) is 4.98 Å². The van der Waals surface area contributed by atoms with Gasteiger partial charge in [0.1, 0.15) is 5.82 Å². The zero-order chi connectivity index (χ0) is 19.0. The van der Waals surface area contributed by atoms with Crippen LogP contribution in [0.1, 0.15) is 11.1 Å². The molecule has 0 fully saturated rings. The number of halogens is 1. The van der Waals surface area contributed by atoms with Gasteiger partial charge in [-0.1, -0.05) is 72.8 Å². The highest BCUT2D eigenvalue weighted by molar-refractivity contribution is 5.90. The van der Waals surface area contributed by atoms with Crippen LogP contribution in [0, 0.1) is 0 Å². The lowest BCUT2D eigenvalue weighted by atomic mass is 10.1. The number of nitrogens with one attached hydrogen (secondary N) is 2. The number of rotatable bonds is 8. The van der Waals surface area contributed by atoms with Crippen LogP contribution in [0.5, 0.6) is 0 Å². The third-order valence-electron chi connectivity index (χ3n) is 4.69. The molecule has 4 rings (SSSR count). The summed E-state index contributed by atoms with van der Waals surface area (Å²) < 4.78 is 0. The Bertz CT molecular complexity index is 1020. The largest absolute Gasteiger partial charge is 1.00 e. The summed E-state index contributed by atoms with van der Waals surface area (Å²) in [6.07, 6.45) is 1.89. The molecule has 0 aliphatic carbocycles. The maximum Gasteiger partial charge on any atom is 0.225 e.